The lowest BCUT2D eigenvalue weighted by Gasteiger charge is -2.06. The van der Waals surface area contributed by atoms with Gasteiger partial charge in [-0.05, 0) is 42.7 Å². The van der Waals surface area contributed by atoms with Crippen molar-refractivity contribution in [2.24, 2.45) is 5.73 Å². The molecule has 0 fully saturated rings. The van der Waals surface area contributed by atoms with Crippen LogP contribution in [0.3, 0.4) is 0 Å². The molecule has 5 nitrogen and oxygen atoms in total. The van der Waals surface area contributed by atoms with E-state index in [4.69, 9.17) is 5.73 Å². The molecule has 8 heteroatoms. The number of anilines is 1. The van der Waals surface area contributed by atoms with Crippen LogP contribution < -0.4 is 10.5 Å². The van der Waals surface area contributed by atoms with Crippen molar-refractivity contribution in [1.82, 2.24) is 4.98 Å². The highest BCUT2D eigenvalue weighted by molar-refractivity contribution is 7.94. The second-order valence-electron chi connectivity index (χ2n) is 4.68. The van der Waals surface area contributed by atoms with Crippen LogP contribution in [0.1, 0.15) is 29.0 Å². The van der Waals surface area contributed by atoms with Crippen LogP contribution in [0.5, 0.6) is 0 Å². The predicted octanol–water partition coefficient (Wildman–Crippen LogP) is 2.34. The molecule has 2 aromatic rings. The highest BCUT2D eigenvalue weighted by atomic mass is 32.2. The Bertz CT molecular complexity index is 695. The lowest BCUT2D eigenvalue weighted by atomic mass is 10.0. The summed E-state index contributed by atoms with van der Waals surface area (Å²) < 4.78 is 27.4. The zero-order valence-electron chi connectivity index (χ0n) is 10.8. The minimum atomic E-state index is -3.54. The minimum absolute atomic E-state index is 0.283. The van der Waals surface area contributed by atoms with E-state index in [1.54, 1.807) is 11.4 Å². The molecule has 0 saturated heterocycles. The van der Waals surface area contributed by atoms with Gasteiger partial charge in [-0.3, -0.25) is 4.72 Å². The topological polar surface area (TPSA) is 85.1 Å². The maximum absolute atomic E-state index is 12.3. The molecule has 0 spiro atoms. The third kappa shape index (κ3) is 2.73. The second kappa shape index (κ2) is 5.44. The molecular formula is C12H15N3O2S3. The van der Waals surface area contributed by atoms with Gasteiger partial charge in [0.2, 0.25) is 0 Å². The molecule has 108 valence electrons. The Morgan fingerprint density at radius 2 is 2.15 bits per heavy atom. The molecule has 0 unspecified atom stereocenters. The Balaban J connectivity index is 1.84. The molecule has 0 radical (unpaired) electrons. The van der Waals surface area contributed by atoms with Crippen molar-refractivity contribution in [3.05, 3.63) is 27.6 Å². The summed E-state index contributed by atoms with van der Waals surface area (Å²) in [6, 6.07) is 1.61. The van der Waals surface area contributed by atoms with E-state index in [2.05, 4.69) is 9.71 Å². The largest absolute Gasteiger partial charge is 0.326 e. The Labute approximate surface area is 125 Å². The smallest absolute Gasteiger partial charge is 0.273 e. The SMILES string of the molecule is NCc1csc(S(=O)(=O)Nc2nc3c(s2)CCCC3)c1. The Kier molecular flexibility index (Phi) is 3.80. The molecule has 0 bridgehead atoms. The lowest BCUT2D eigenvalue weighted by Crippen LogP contribution is -2.11. The molecule has 0 aromatic carbocycles. The molecule has 2 heterocycles. The van der Waals surface area contributed by atoms with Crippen LogP contribution in [-0.4, -0.2) is 13.4 Å². The number of thiophene rings is 1. The summed E-state index contributed by atoms with van der Waals surface area (Å²) in [5, 5.41) is 2.24. The number of nitrogens with two attached hydrogens (primary N) is 1. The first-order valence-corrected chi connectivity index (χ1v) is 9.55. The molecule has 3 rings (SSSR count). The van der Waals surface area contributed by atoms with Crippen LogP contribution >= 0.6 is 22.7 Å². The Morgan fingerprint density at radius 1 is 1.35 bits per heavy atom. The summed E-state index contributed by atoms with van der Waals surface area (Å²) in [6.45, 7) is 0.345. The fraction of sp³-hybridized carbons (Fsp3) is 0.417. The normalized spacial score (nSPS) is 15.1. The maximum Gasteiger partial charge on any atom is 0.273 e. The molecule has 0 aliphatic heterocycles. The van der Waals surface area contributed by atoms with Gasteiger partial charge in [0.1, 0.15) is 4.21 Å². The molecule has 3 N–H and O–H groups in total. The van der Waals surface area contributed by atoms with Gasteiger partial charge >= 0.3 is 0 Å². The van der Waals surface area contributed by atoms with Gasteiger partial charge in [-0.1, -0.05) is 0 Å². The number of aryl methyl sites for hydroxylation is 2. The molecule has 0 atom stereocenters. The van der Waals surface area contributed by atoms with E-state index in [-0.39, 0.29) is 4.21 Å². The molecule has 0 amide bonds. The number of hydrogen-bond donors (Lipinski definition) is 2. The van der Waals surface area contributed by atoms with E-state index in [0.29, 0.717) is 11.7 Å². The summed E-state index contributed by atoms with van der Waals surface area (Å²) >= 11 is 2.63. The number of nitrogens with zero attached hydrogens (tertiary/aromatic N) is 1. The van der Waals surface area contributed by atoms with Gasteiger partial charge in [-0.15, -0.1) is 22.7 Å². The summed E-state index contributed by atoms with van der Waals surface area (Å²) in [7, 11) is -3.54. The van der Waals surface area contributed by atoms with Crippen molar-refractivity contribution >= 4 is 37.8 Å². The number of thiazole rings is 1. The number of sulfonamides is 1. The first-order chi connectivity index (χ1) is 9.58. The average Bonchev–Trinajstić information content (AvgIpc) is 3.04. The third-order valence-corrected chi connectivity index (χ3v) is 7.23. The van der Waals surface area contributed by atoms with Crippen molar-refractivity contribution in [1.29, 1.82) is 0 Å². The molecule has 1 aliphatic rings. The first-order valence-electron chi connectivity index (χ1n) is 6.37. The number of aromatic nitrogens is 1. The van der Waals surface area contributed by atoms with Crippen molar-refractivity contribution in [3.63, 3.8) is 0 Å². The summed E-state index contributed by atoms with van der Waals surface area (Å²) in [4.78, 5) is 5.61. The zero-order chi connectivity index (χ0) is 14.2. The highest BCUT2D eigenvalue weighted by Gasteiger charge is 2.21. The van der Waals surface area contributed by atoms with Crippen molar-refractivity contribution < 1.29 is 8.42 Å². The lowest BCUT2D eigenvalue weighted by molar-refractivity contribution is 0.603. The molecule has 2 aromatic heterocycles. The van der Waals surface area contributed by atoms with Crippen LogP contribution in [0.4, 0.5) is 5.13 Å². The van der Waals surface area contributed by atoms with Crippen molar-refractivity contribution in [2.75, 3.05) is 4.72 Å². The van der Waals surface area contributed by atoms with Crippen molar-refractivity contribution in [2.45, 2.75) is 36.4 Å². The van der Waals surface area contributed by atoms with Crippen LogP contribution in [0, 0.1) is 0 Å². The highest BCUT2D eigenvalue weighted by Crippen LogP contribution is 2.31. The monoisotopic (exact) mass is 329 g/mol. The van der Waals surface area contributed by atoms with Crippen LogP contribution in [0.2, 0.25) is 0 Å². The van der Waals surface area contributed by atoms with Gasteiger partial charge in [0.15, 0.2) is 5.13 Å². The first kappa shape index (κ1) is 14.0. The van der Waals surface area contributed by atoms with E-state index in [0.717, 1.165) is 36.9 Å². The maximum atomic E-state index is 12.3. The number of fused-ring (bicyclic) bond motifs is 1. The zero-order valence-corrected chi connectivity index (χ0v) is 13.2. The minimum Gasteiger partial charge on any atom is -0.326 e. The summed E-state index contributed by atoms with van der Waals surface area (Å²) in [6.07, 6.45) is 4.24. The van der Waals surface area contributed by atoms with Crippen LogP contribution in [0.15, 0.2) is 15.7 Å². The molecule has 1 aliphatic carbocycles. The van der Waals surface area contributed by atoms with Gasteiger partial charge in [-0.2, -0.15) is 0 Å². The number of rotatable bonds is 4. The fourth-order valence-corrected chi connectivity index (χ4v) is 5.67. The average molecular weight is 329 g/mol. The standard InChI is InChI=1S/C12H15N3O2S3/c13-6-8-5-11(18-7-8)20(16,17)15-12-14-9-3-1-2-4-10(9)19-12/h5,7H,1-4,6,13H2,(H,14,15). The quantitative estimate of drug-likeness (QED) is 0.901. The van der Waals surface area contributed by atoms with E-state index >= 15 is 0 Å². The van der Waals surface area contributed by atoms with E-state index in [9.17, 15) is 8.42 Å². The van der Waals surface area contributed by atoms with E-state index < -0.39 is 10.0 Å². The summed E-state index contributed by atoms with van der Waals surface area (Å²) in [5.74, 6) is 0. The fourth-order valence-electron chi connectivity index (χ4n) is 2.16. The van der Waals surface area contributed by atoms with Crippen LogP contribution in [0.25, 0.3) is 0 Å². The number of hydrogen-bond acceptors (Lipinski definition) is 6. The van der Waals surface area contributed by atoms with Gasteiger partial charge < -0.3 is 5.73 Å². The van der Waals surface area contributed by atoms with Gasteiger partial charge in [0.05, 0.1) is 5.69 Å². The molecule has 0 saturated carbocycles. The second-order valence-corrected chi connectivity index (χ2v) is 8.58. The van der Waals surface area contributed by atoms with E-state index in [1.807, 2.05) is 0 Å². The number of nitrogens with one attached hydrogen (secondary N) is 1. The van der Waals surface area contributed by atoms with Gasteiger partial charge in [0.25, 0.3) is 10.0 Å². The third-order valence-electron chi connectivity index (χ3n) is 3.20. The van der Waals surface area contributed by atoms with Crippen molar-refractivity contribution in [3.8, 4) is 0 Å². The van der Waals surface area contributed by atoms with Gasteiger partial charge in [0, 0.05) is 11.4 Å². The Morgan fingerprint density at radius 3 is 2.85 bits per heavy atom. The van der Waals surface area contributed by atoms with E-state index in [1.165, 1.54) is 27.6 Å². The van der Waals surface area contributed by atoms with Gasteiger partial charge in [-0.25, -0.2) is 13.4 Å². The summed E-state index contributed by atoms with van der Waals surface area (Å²) in [5.41, 5.74) is 7.38. The molecule has 20 heavy (non-hydrogen) atoms. The molecular weight excluding hydrogens is 314 g/mol. The Hall–Kier alpha value is -0.960. The van der Waals surface area contributed by atoms with Crippen LogP contribution in [-0.2, 0) is 29.4 Å². The predicted molar refractivity (Wildman–Crippen MR) is 81.8 cm³/mol.